The third-order valence-corrected chi connectivity index (χ3v) is 7.13. The van der Waals surface area contributed by atoms with Crippen LogP contribution in [0.2, 0.25) is 0 Å². The Kier molecular flexibility index (Phi) is 7.90. The molecule has 3 atom stereocenters. The number of fused-ring (bicyclic) bond motifs is 1. The number of anilines is 2. The van der Waals surface area contributed by atoms with Crippen LogP contribution in [0.5, 0.6) is 11.5 Å². The van der Waals surface area contributed by atoms with E-state index in [2.05, 4.69) is 20.5 Å². The number of para-hydroxylation sites is 1. The third kappa shape index (κ3) is 5.05. The van der Waals surface area contributed by atoms with Crippen molar-refractivity contribution in [2.24, 2.45) is 5.73 Å². The van der Waals surface area contributed by atoms with Crippen molar-refractivity contribution in [3.05, 3.63) is 83.9 Å². The molecule has 2 aromatic carbocycles. The van der Waals surface area contributed by atoms with Crippen molar-refractivity contribution in [2.45, 2.75) is 44.3 Å². The summed E-state index contributed by atoms with van der Waals surface area (Å²) in [5.41, 5.74) is 3.73. The maximum atomic E-state index is 17.1. The predicted molar refractivity (Wildman–Crippen MR) is 153 cm³/mol. The molecule has 218 valence electrons. The maximum absolute atomic E-state index is 17.1. The lowest BCUT2D eigenvalue weighted by molar-refractivity contribution is -0.143. The first-order valence-corrected chi connectivity index (χ1v) is 13.4. The molecule has 10 nitrogen and oxygen atoms in total. The summed E-state index contributed by atoms with van der Waals surface area (Å²) in [5, 5.41) is 20.1. The summed E-state index contributed by atoms with van der Waals surface area (Å²) in [4.78, 5) is 31.9. The van der Waals surface area contributed by atoms with Gasteiger partial charge in [0.2, 0.25) is 0 Å². The van der Waals surface area contributed by atoms with E-state index in [0.717, 1.165) is 17.0 Å². The highest BCUT2D eigenvalue weighted by Crippen LogP contribution is 2.49. The SMILES string of the molecule is CCCC1=CN(c2ccc(F)cc2)C(=O)C(F)(C(N)=O)C1c1ccccc1Oc1ccnc2[nH]nc(NC(C)CO)c12. The van der Waals surface area contributed by atoms with Gasteiger partial charge in [0.15, 0.2) is 11.5 Å². The van der Waals surface area contributed by atoms with Gasteiger partial charge in [-0.3, -0.25) is 19.6 Å². The molecule has 3 unspecified atom stereocenters. The summed E-state index contributed by atoms with van der Waals surface area (Å²) in [5.74, 6) is -3.68. The van der Waals surface area contributed by atoms with Crippen LogP contribution in [0.25, 0.3) is 11.0 Å². The molecule has 0 bridgehead atoms. The molecule has 0 aliphatic carbocycles. The van der Waals surface area contributed by atoms with E-state index in [9.17, 15) is 19.1 Å². The van der Waals surface area contributed by atoms with Crippen LogP contribution < -0.4 is 20.7 Å². The van der Waals surface area contributed by atoms with Gasteiger partial charge in [0.25, 0.3) is 17.5 Å². The number of benzene rings is 2. The molecule has 12 heteroatoms. The number of ether oxygens (including phenoxy) is 1. The molecule has 42 heavy (non-hydrogen) atoms. The summed E-state index contributed by atoms with van der Waals surface area (Å²) in [7, 11) is 0. The van der Waals surface area contributed by atoms with Gasteiger partial charge in [0.1, 0.15) is 22.7 Å². The highest BCUT2D eigenvalue weighted by atomic mass is 19.1. The molecule has 3 heterocycles. The highest BCUT2D eigenvalue weighted by Gasteiger charge is 2.58. The number of carbonyl (C=O) groups is 2. The molecule has 0 spiro atoms. The van der Waals surface area contributed by atoms with E-state index in [1.807, 2.05) is 6.92 Å². The van der Waals surface area contributed by atoms with Gasteiger partial charge in [-0.25, -0.2) is 13.8 Å². The fraction of sp³-hybridized carbons (Fsp3) is 0.267. The largest absolute Gasteiger partial charge is 0.456 e. The molecule has 0 saturated heterocycles. The minimum absolute atomic E-state index is 0.142. The van der Waals surface area contributed by atoms with Crippen molar-refractivity contribution in [1.82, 2.24) is 15.2 Å². The van der Waals surface area contributed by atoms with Crippen LogP contribution in [0.4, 0.5) is 20.3 Å². The van der Waals surface area contributed by atoms with Gasteiger partial charge >= 0.3 is 0 Å². The molecule has 4 aromatic rings. The zero-order valence-electron chi connectivity index (χ0n) is 23.0. The van der Waals surface area contributed by atoms with Crippen LogP contribution in [0.15, 0.2) is 72.6 Å². The normalized spacial score (nSPS) is 19.5. The lowest BCUT2D eigenvalue weighted by atomic mass is 9.73. The monoisotopic (exact) mass is 576 g/mol. The molecule has 1 aliphatic heterocycles. The molecule has 0 radical (unpaired) electrons. The van der Waals surface area contributed by atoms with E-state index in [-0.39, 0.29) is 29.6 Å². The molecular formula is C30H30F2N6O4. The predicted octanol–water partition coefficient (Wildman–Crippen LogP) is 4.69. The Bertz CT molecular complexity index is 1660. The first-order chi connectivity index (χ1) is 20.2. The van der Waals surface area contributed by atoms with Crippen molar-refractivity contribution in [1.29, 1.82) is 0 Å². The van der Waals surface area contributed by atoms with Gasteiger partial charge in [0, 0.05) is 35.8 Å². The Morgan fingerprint density at radius 1 is 1.21 bits per heavy atom. The van der Waals surface area contributed by atoms with Gasteiger partial charge < -0.3 is 20.9 Å². The maximum Gasteiger partial charge on any atom is 0.279 e. The number of aromatic amines is 1. The number of aliphatic hydroxyl groups is 1. The number of aliphatic hydroxyl groups excluding tert-OH is 1. The first-order valence-electron chi connectivity index (χ1n) is 13.4. The molecule has 2 amide bonds. The van der Waals surface area contributed by atoms with Crippen molar-refractivity contribution >= 4 is 34.4 Å². The Balaban J connectivity index is 1.64. The summed E-state index contributed by atoms with van der Waals surface area (Å²) in [6.07, 6.45) is 3.90. The van der Waals surface area contributed by atoms with E-state index in [1.54, 1.807) is 37.3 Å². The summed E-state index contributed by atoms with van der Waals surface area (Å²) < 4.78 is 37.0. The fourth-order valence-electron chi connectivity index (χ4n) is 5.13. The number of amides is 2. The van der Waals surface area contributed by atoms with Crippen LogP contribution in [0, 0.1) is 5.82 Å². The average Bonchev–Trinajstić information content (AvgIpc) is 3.39. The van der Waals surface area contributed by atoms with Crippen molar-refractivity contribution < 1.29 is 28.2 Å². The minimum atomic E-state index is -3.18. The van der Waals surface area contributed by atoms with Gasteiger partial charge in [0.05, 0.1) is 12.5 Å². The smallest absolute Gasteiger partial charge is 0.279 e. The number of rotatable bonds is 10. The molecule has 0 saturated carbocycles. The van der Waals surface area contributed by atoms with Gasteiger partial charge in [-0.05, 0) is 49.2 Å². The number of nitrogens with zero attached hydrogens (tertiary/aromatic N) is 3. The zero-order valence-corrected chi connectivity index (χ0v) is 23.0. The van der Waals surface area contributed by atoms with Crippen LogP contribution in [0.1, 0.15) is 38.2 Å². The number of primary amides is 1. The first kappa shape index (κ1) is 28.7. The van der Waals surface area contributed by atoms with Crippen LogP contribution in [-0.4, -0.2) is 50.4 Å². The summed E-state index contributed by atoms with van der Waals surface area (Å²) >= 11 is 0. The number of halogens is 2. The number of allylic oxidation sites excluding steroid dienone is 1. The summed E-state index contributed by atoms with van der Waals surface area (Å²) in [6.45, 7) is 3.52. The zero-order chi connectivity index (χ0) is 30.0. The van der Waals surface area contributed by atoms with Crippen LogP contribution in [-0.2, 0) is 9.59 Å². The molecular weight excluding hydrogens is 546 g/mol. The highest BCUT2D eigenvalue weighted by molar-refractivity contribution is 6.17. The number of nitrogens with two attached hydrogens (primary N) is 1. The fourth-order valence-corrected chi connectivity index (χ4v) is 5.13. The van der Waals surface area contributed by atoms with Crippen molar-refractivity contribution in [3.63, 3.8) is 0 Å². The Labute approximate surface area is 240 Å². The van der Waals surface area contributed by atoms with Crippen molar-refractivity contribution in [3.8, 4) is 11.5 Å². The molecule has 2 aromatic heterocycles. The average molecular weight is 577 g/mol. The minimum Gasteiger partial charge on any atom is -0.456 e. The van der Waals surface area contributed by atoms with E-state index >= 15 is 4.39 Å². The van der Waals surface area contributed by atoms with E-state index in [0.29, 0.717) is 41.0 Å². The summed E-state index contributed by atoms with van der Waals surface area (Å²) in [6, 6.07) is 12.8. The number of pyridine rings is 1. The van der Waals surface area contributed by atoms with Gasteiger partial charge in [-0.1, -0.05) is 31.5 Å². The number of alkyl halides is 1. The third-order valence-electron chi connectivity index (χ3n) is 7.13. The molecule has 1 aliphatic rings. The second-order valence-corrected chi connectivity index (χ2v) is 10.1. The Hall–Kier alpha value is -4.84. The Morgan fingerprint density at radius 2 is 1.95 bits per heavy atom. The quantitative estimate of drug-likeness (QED) is 0.200. The number of hydrogen-bond donors (Lipinski definition) is 4. The molecule has 0 fully saturated rings. The van der Waals surface area contributed by atoms with Gasteiger partial charge in [-0.15, -0.1) is 0 Å². The molecule has 5 N–H and O–H groups in total. The number of hydrogen-bond acceptors (Lipinski definition) is 7. The number of aromatic nitrogens is 3. The number of carbonyl (C=O) groups excluding carboxylic acids is 2. The lowest BCUT2D eigenvalue weighted by Crippen LogP contribution is -2.59. The van der Waals surface area contributed by atoms with Gasteiger partial charge in [-0.2, -0.15) is 5.10 Å². The topological polar surface area (TPSA) is 146 Å². The molecule has 5 rings (SSSR count). The Morgan fingerprint density at radius 3 is 2.64 bits per heavy atom. The van der Waals surface area contributed by atoms with Crippen LogP contribution >= 0.6 is 0 Å². The standard InChI is InChI=1S/C30H30F2N6O4/c1-3-6-18-15-38(20-11-9-19(31)10-12-20)29(41)30(32,28(33)40)25(18)21-7-4-5-8-22(21)42-23-13-14-34-26-24(23)27(37-36-26)35-17(2)16-39/h4-5,7-15,17,25,39H,3,6,16H2,1-2H3,(H2,33,40)(H2,34,35,36,37). The van der Waals surface area contributed by atoms with Crippen LogP contribution in [0.3, 0.4) is 0 Å². The second kappa shape index (κ2) is 11.6. The van der Waals surface area contributed by atoms with E-state index in [1.165, 1.54) is 24.5 Å². The van der Waals surface area contributed by atoms with Crippen molar-refractivity contribution in [2.75, 3.05) is 16.8 Å². The van der Waals surface area contributed by atoms with E-state index < -0.39 is 29.2 Å². The number of nitrogens with one attached hydrogen (secondary N) is 2. The second-order valence-electron chi connectivity index (χ2n) is 10.1. The number of H-pyrrole nitrogens is 1. The van der Waals surface area contributed by atoms with E-state index in [4.69, 9.17) is 10.5 Å². The lowest BCUT2D eigenvalue weighted by Gasteiger charge is -2.40.